The van der Waals surface area contributed by atoms with Crippen LogP contribution in [0.1, 0.15) is 43.8 Å². The highest BCUT2D eigenvalue weighted by Gasteiger charge is 2.32. The Morgan fingerprint density at radius 3 is 3.00 bits per heavy atom. The molecule has 14 heavy (non-hydrogen) atoms. The first kappa shape index (κ1) is 10.1. The average Bonchev–Trinajstić information content (AvgIpc) is 2.67. The first-order chi connectivity index (χ1) is 6.74. The fourth-order valence-corrected chi connectivity index (χ4v) is 2.86. The molecule has 1 aromatic heterocycles. The summed E-state index contributed by atoms with van der Waals surface area (Å²) in [6.07, 6.45) is 4.59. The summed E-state index contributed by atoms with van der Waals surface area (Å²) in [6.45, 7) is 5.20. The Bertz CT molecular complexity index is 302. The van der Waals surface area contributed by atoms with E-state index in [1.807, 2.05) is 0 Å². The molecule has 0 bridgehead atoms. The Balaban J connectivity index is 2.19. The van der Waals surface area contributed by atoms with Crippen molar-refractivity contribution in [3.05, 3.63) is 16.1 Å². The predicted octanol–water partition coefficient (Wildman–Crippen LogP) is 3.12. The van der Waals surface area contributed by atoms with Crippen LogP contribution in [-0.2, 0) is 16.8 Å². The van der Waals surface area contributed by atoms with Crippen molar-refractivity contribution in [1.82, 2.24) is 4.98 Å². The largest absolute Gasteiger partial charge is 0.368 e. The number of rotatable bonds is 2. The molecule has 0 radical (unpaired) electrons. The van der Waals surface area contributed by atoms with Crippen LogP contribution in [0.3, 0.4) is 0 Å². The van der Waals surface area contributed by atoms with Crippen molar-refractivity contribution >= 4 is 11.3 Å². The molecule has 78 valence electrons. The van der Waals surface area contributed by atoms with Crippen molar-refractivity contribution in [3.8, 4) is 0 Å². The Hall–Kier alpha value is -0.410. The molecule has 0 N–H and O–H groups in total. The lowest BCUT2D eigenvalue weighted by molar-refractivity contribution is -0.0702. The van der Waals surface area contributed by atoms with Gasteiger partial charge in [-0.15, -0.1) is 11.3 Å². The molecule has 1 fully saturated rings. The van der Waals surface area contributed by atoms with Crippen LogP contribution in [0.5, 0.6) is 0 Å². The van der Waals surface area contributed by atoms with Crippen LogP contribution < -0.4 is 0 Å². The molecular weight excluding hydrogens is 194 g/mol. The molecule has 0 spiro atoms. The third-order valence-electron chi connectivity index (χ3n) is 2.84. The van der Waals surface area contributed by atoms with E-state index >= 15 is 0 Å². The summed E-state index contributed by atoms with van der Waals surface area (Å²) in [5.74, 6) is 0. The minimum Gasteiger partial charge on any atom is -0.368 e. The van der Waals surface area contributed by atoms with E-state index in [1.165, 1.54) is 18.5 Å². The van der Waals surface area contributed by atoms with Crippen molar-refractivity contribution in [2.24, 2.45) is 0 Å². The van der Waals surface area contributed by atoms with Gasteiger partial charge in [0.25, 0.3) is 0 Å². The summed E-state index contributed by atoms with van der Waals surface area (Å²) in [7, 11) is 0. The molecule has 2 heterocycles. The van der Waals surface area contributed by atoms with E-state index in [-0.39, 0.29) is 5.60 Å². The Morgan fingerprint density at radius 1 is 1.57 bits per heavy atom. The summed E-state index contributed by atoms with van der Waals surface area (Å²) < 4.78 is 5.86. The number of thiazole rings is 1. The van der Waals surface area contributed by atoms with Crippen LogP contribution in [0, 0.1) is 0 Å². The van der Waals surface area contributed by atoms with Crippen molar-refractivity contribution in [2.45, 2.75) is 45.1 Å². The Morgan fingerprint density at radius 2 is 2.43 bits per heavy atom. The van der Waals surface area contributed by atoms with Gasteiger partial charge < -0.3 is 4.74 Å². The molecule has 1 unspecified atom stereocenters. The van der Waals surface area contributed by atoms with Crippen LogP contribution in [0.4, 0.5) is 0 Å². The highest BCUT2D eigenvalue weighted by molar-refractivity contribution is 7.09. The van der Waals surface area contributed by atoms with E-state index in [9.17, 15) is 0 Å². The van der Waals surface area contributed by atoms with E-state index in [0.29, 0.717) is 0 Å². The minimum absolute atomic E-state index is 0.101. The quantitative estimate of drug-likeness (QED) is 0.750. The first-order valence-corrected chi connectivity index (χ1v) is 6.21. The van der Waals surface area contributed by atoms with Crippen molar-refractivity contribution in [1.29, 1.82) is 0 Å². The van der Waals surface area contributed by atoms with Crippen LogP contribution in [-0.4, -0.2) is 11.6 Å². The molecule has 0 aliphatic carbocycles. The Kier molecular flexibility index (Phi) is 2.88. The molecule has 1 aliphatic heterocycles. The topological polar surface area (TPSA) is 22.1 Å². The second kappa shape index (κ2) is 3.99. The third kappa shape index (κ3) is 1.84. The summed E-state index contributed by atoms with van der Waals surface area (Å²) in [5.41, 5.74) is 1.09. The van der Waals surface area contributed by atoms with Gasteiger partial charge in [0.05, 0.1) is 5.69 Å². The second-order valence-corrected chi connectivity index (χ2v) is 4.89. The zero-order valence-electron chi connectivity index (χ0n) is 8.88. The molecule has 3 heteroatoms. The number of ether oxygens (including phenoxy) is 1. The number of aryl methyl sites for hydroxylation is 1. The summed E-state index contributed by atoms with van der Waals surface area (Å²) in [5, 5.41) is 3.31. The van der Waals surface area contributed by atoms with Gasteiger partial charge in [-0.3, -0.25) is 0 Å². The van der Waals surface area contributed by atoms with E-state index in [0.717, 1.165) is 24.5 Å². The lowest BCUT2D eigenvalue weighted by Gasteiger charge is -2.31. The van der Waals surface area contributed by atoms with Crippen LogP contribution in [0.25, 0.3) is 0 Å². The van der Waals surface area contributed by atoms with Gasteiger partial charge in [0.15, 0.2) is 0 Å². The van der Waals surface area contributed by atoms with Gasteiger partial charge in [0.2, 0.25) is 0 Å². The number of aromatic nitrogens is 1. The lowest BCUT2D eigenvalue weighted by Crippen LogP contribution is -2.30. The normalized spacial score (nSPS) is 27.9. The lowest BCUT2D eigenvalue weighted by atomic mass is 9.97. The summed E-state index contributed by atoms with van der Waals surface area (Å²) >= 11 is 1.74. The smallest absolute Gasteiger partial charge is 0.125 e. The van der Waals surface area contributed by atoms with Crippen molar-refractivity contribution in [2.75, 3.05) is 6.61 Å². The molecule has 0 amide bonds. The fraction of sp³-hybridized carbons (Fsp3) is 0.727. The van der Waals surface area contributed by atoms with Gasteiger partial charge in [0, 0.05) is 12.0 Å². The highest BCUT2D eigenvalue weighted by Crippen LogP contribution is 2.36. The molecule has 0 saturated carbocycles. The number of hydrogen-bond donors (Lipinski definition) is 0. The van der Waals surface area contributed by atoms with Crippen molar-refractivity contribution in [3.63, 3.8) is 0 Å². The number of hydrogen-bond acceptors (Lipinski definition) is 3. The fourth-order valence-electron chi connectivity index (χ4n) is 1.81. The molecule has 2 nitrogen and oxygen atoms in total. The van der Waals surface area contributed by atoms with E-state index in [4.69, 9.17) is 4.74 Å². The van der Waals surface area contributed by atoms with Crippen LogP contribution in [0.15, 0.2) is 5.38 Å². The van der Waals surface area contributed by atoms with Crippen molar-refractivity contribution < 1.29 is 4.74 Å². The van der Waals surface area contributed by atoms with Gasteiger partial charge in [-0.2, -0.15) is 0 Å². The summed E-state index contributed by atoms with van der Waals surface area (Å²) in [6, 6.07) is 0. The third-order valence-corrected chi connectivity index (χ3v) is 3.97. The van der Waals surface area contributed by atoms with Gasteiger partial charge in [-0.1, -0.05) is 6.92 Å². The molecule has 0 aromatic carbocycles. The van der Waals surface area contributed by atoms with Gasteiger partial charge >= 0.3 is 0 Å². The summed E-state index contributed by atoms with van der Waals surface area (Å²) in [4.78, 5) is 4.62. The molecular formula is C11H17NOS. The minimum atomic E-state index is -0.101. The maximum atomic E-state index is 5.86. The van der Waals surface area contributed by atoms with Crippen LogP contribution >= 0.6 is 11.3 Å². The van der Waals surface area contributed by atoms with Gasteiger partial charge in [0.1, 0.15) is 10.6 Å². The highest BCUT2D eigenvalue weighted by atomic mass is 32.1. The van der Waals surface area contributed by atoms with Crippen LogP contribution in [0.2, 0.25) is 0 Å². The monoisotopic (exact) mass is 211 g/mol. The molecule has 1 atom stereocenters. The van der Waals surface area contributed by atoms with E-state index < -0.39 is 0 Å². The standard InChI is InChI=1S/C11H17NOS/c1-3-9-8-14-10(12-9)11(2)6-4-5-7-13-11/h8H,3-7H2,1-2H3. The number of nitrogens with zero attached hydrogens (tertiary/aromatic N) is 1. The predicted molar refractivity (Wildman–Crippen MR) is 58.6 cm³/mol. The van der Waals surface area contributed by atoms with E-state index in [2.05, 4.69) is 24.2 Å². The zero-order chi connectivity index (χ0) is 10.0. The van der Waals surface area contributed by atoms with Gasteiger partial charge in [-0.25, -0.2) is 4.98 Å². The average molecular weight is 211 g/mol. The molecule has 1 saturated heterocycles. The van der Waals surface area contributed by atoms with E-state index in [1.54, 1.807) is 11.3 Å². The second-order valence-electron chi connectivity index (χ2n) is 4.03. The molecule has 2 rings (SSSR count). The Labute approximate surface area is 89.3 Å². The maximum absolute atomic E-state index is 5.86. The zero-order valence-corrected chi connectivity index (χ0v) is 9.69. The SMILES string of the molecule is CCc1csc(C2(C)CCCCO2)n1. The first-order valence-electron chi connectivity index (χ1n) is 5.33. The molecule has 1 aromatic rings. The maximum Gasteiger partial charge on any atom is 0.125 e. The molecule has 1 aliphatic rings. The van der Waals surface area contributed by atoms with Gasteiger partial charge in [-0.05, 0) is 32.6 Å².